The standard InChI is InChI=1S/C15H22BrN5O/c16-12-8-17-10-20-14(12)21-6-2-3-11(9-21)7-19-15(22)13-4-1-5-18-13/h8,10-11,13,18H,1-7,9H2,(H,19,22). The van der Waals surface area contributed by atoms with Crippen LogP contribution in [0.2, 0.25) is 0 Å². The van der Waals surface area contributed by atoms with Crippen LogP contribution in [0.4, 0.5) is 5.82 Å². The summed E-state index contributed by atoms with van der Waals surface area (Å²) in [6.07, 6.45) is 7.68. The Labute approximate surface area is 139 Å². The molecular formula is C15H22BrN5O. The number of carbonyl (C=O) groups excluding carboxylic acids is 1. The molecule has 0 saturated carbocycles. The molecule has 2 aliphatic rings. The van der Waals surface area contributed by atoms with Crippen molar-refractivity contribution in [2.24, 2.45) is 5.92 Å². The summed E-state index contributed by atoms with van der Waals surface area (Å²) < 4.78 is 0.926. The zero-order valence-electron chi connectivity index (χ0n) is 12.6. The van der Waals surface area contributed by atoms with Gasteiger partial charge in [-0.1, -0.05) is 0 Å². The van der Waals surface area contributed by atoms with Crippen LogP contribution < -0.4 is 15.5 Å². The highest BCUT2D eigenvalue weighted by Gasteiger charge is 2.25. The van der Waals surface area contributed by atoms with Crippen molar-refractivity contribution >= 4 is 27.7 Å². The number of aromatic nitrogens is 2. The minimum absolute atomic E-state index is 0.00991. The molecule has 3 rings (SSSR count). The van der Waals surface area contributed by atoms with Gasteiger partial charge in [-0.05, 0) is 54.1 Å². The van der Waals surface area contributed by atoms with Gasteiger partial charge in [0.05, 0.1) is 10.5 Å². The Hall–Kier alpha value is -1.21. The van der Waals surface area contributed by atoms with Gasteiger partial charge in [0.15, 0.2) is 0 Å². The number of anilines is 1. The number of hydrogen-bond donors (Lipinski definition) is 2. The van der Waals surface area contributed by atoms with Gasteiger partial charge in [0.25, 0.3) is 0 Å². The fourth-order valence-corrected chi connectivity index (χ4v) is 3.71. The first-order chi connectivity index (χ1) is 10.7. The maximum absolute atomic E-state index is 12.1. The van der Waals surface area contributed by atoms with Gasteiger partial charge in [-0.25, -0.2) is 9.97 Å². The third-order valence-electron chi connectivity index (χ3n) is 4.41. The molecule has 2 fully saturated rings. The van der Waals surface area contributed by atoms with E-state index < -0.39 is 0 Å². The molecule has 2 aliphatic heterocycles. The molecule has 6 nitrogen and oxygen atoms in total. The van der Waals surface area contributed by atoms with E-state index in [0.717, 1.165) is 62.2 Å². The predicted octanol–water partition coefficient (Wildman–Crippen LogP) is 1.32. The van der Waals surface area contributed by atoms with Gasteiger partial charge in [-0.3, -0.25) is 4.79 Å². The predicted molar refractivity (Wildman–Crippen MR) is 88.7 cm³/mol. The van der Waals surface area contributed by atoms with Crippen LogP contribution in [0.1, 0.15) is 25.7 Å². The van der Waals surface area contributed by atoms with E-state index in [0.29, 0.717) is 5.92 Å². The van der Waals surface area contributed by atoms with E-state index in [4.69, 9.17) is 0 Å². The summed E-state index contributed by atoms with van der Waals surface area (Å²) in [6, 6.07) is 0.00991. The van der Waals surface area contributed by atoms with Crippen LogP contribution in [0, 0.1) is 5.92 Å². The Morgan fingerprint density at radius 3 is 3.14 bits per heavy atom. The van der Waals surface area contributed by atoms with E-state index in [9.17, 15) is 4.79 Å². The summed E-state index contributed by atoms with van der Waals surface area (Å²) in [4.78, 5) is 22.7. The molecule has 120 valence electrons. The van der Waals surface area contributed by atoms with Crippen molar-refractivity contribution in [2.45, 2.75) is 31.7 Å². The third kappa shape index (κ3) is 3.76. The highest BCUT2D eigenvalue weighted by molar-refractivity contribution is 9.10. The van der Waals surface area contributed by atoms with Gasteiger partial charge in [0.2, 0.25) is 5.91 Å². The van der Waals surface area contributed by atoms with E-state index in [-0.39, 0.29) is 11.9 Å². The van der Waals surface area contributed by atoms with Crippen LogP contribution in [0.3, 0.4) is 0 Å². The quantitative estimate of drug-likeness (QED) is 0.839. The molecule has 1 aromatic rings. The Kier molecular flexibility index (Phi) is 5.25. The number of nitrogens with zero attached hydrogens (tertiary/aromatic N) is 3. The lowest BCUT2D eigenvalue weighted by atomic mass is 9.98. The van der Waals surface area contributed by atoms with E-state index in [1.165, 1.54) is 0 Å². The maximum Gasteiger partial charge on any atom is 0.237 e. The van der Waals surface area contributed by atoms with E-state index in [1.54, 1.807) is 12.5 Å². The topological polar surface area (TPSA) is 70.2 Å². The Morgan fingerprint density at radius 2 is 2.36 bits per heavy atom. The Bertz CT molecular complexity index is 520. The molecule has 1 amide bonds. The second-order valence-electron chi connectivity index (χ2n) is 6.04. The van der Waals surface area contributed by atoms with Crippen molar-refractivity contribution in [3.8, 4) is 0 Å². The Morgan fingerprint density at radius 1 is 1.45 bits per heavy atom. The molecule has 0 aliphatic carbocycles. The van der Waals surface area contributed by atoms with Gasteiger partial charge >= 0.3 is 0 Å². The van der Waals surface area contributed by atoms with Crippen molar-refractivity contribution < 1.29 is 4.79 Å². The monoisotopic (exact) mass is 367 g/mol. The van der Waals surface area contributed by atoms with E-state index >= 15 is 0 Å². The summed E-state index contributed by atoms with van der Waals surface area (Å²) in [7, 11) is 0. The number of rotatable bonds is 4. The number of nitrogens with one attached hydrogen (secondary N) is 2. The van der Waals surface area contributed by atoms with Gasteiger partial charge < -0.3 is 15.5 Å². The average Bonchev–Trinajstić information content (AvgIpc) is 3.08. The maximum atomic E-state index is 12.1. The molecule has 7 heteroatoms. The highest BCUT2D eigenvalue weighted by atomic mass is 79.9. The minimum atomic E-state index is 0.00991. The molecule has 2 N–H and O–H groups in total. The number of halogens is 1. The first kappa shape index (κ1) is 15.7. The first-order valence-corrected chi connectivity index (χ1v) is 8.75. The van der Waals surface area contributed by atoms with Gasteiger partial charge in [0, 0.05) is 25.8 Å². The minimum Gasteiger partial charge on any atom is -0.355 e. The normalized spacial score (nSPS) is 25.2. The summed E-state index contributed by atoms with van der Waals surface area (Å²) in [5, 5.41) is 6.35. The summed E-state index contributed by atoms with van der Waals surface area (Å²) in [5.41, 5.74) is 0. The molecule has 0 radical (unpaired) electrons. The second-order valence-corrected chi connectivity index (χ2v) is 6.90. The second kappa shape index (κ2) is 7.37. The lowest BCUT2D eigenvalue weighted by molar-refractivity contribution is -0.122. The average molecular weight is 368 g/mol. The van der Waals surface area contributed by atoms with Crippen LogP contribution >= 0.6 is 15.9 Å². The molecule has 0 spiro atoms. The molecule has 3 heterocycles. The molecule has 2 saturated heterocycles. The van der Waals surface area contributed by atoms with Crippen LogP contribution in [0.5, 0.6) is 0 Å². The van der Waals surface area contributed by atoms with Crippen LogP contribution in [-0.2, 0) is 4.79 Å². The molecule has 0 aromatic carbocycles. The van der Waals surface area contributed by atoms with Crippen molar-refractivity contribution in [3.63, 3.8) is 0 Å². The molecular weight excluding hydrogens is 346 g/mol. The van der Waals surface area contributed by atoms with E-state index in [2.05, 4.69) is 41.4 Å². The Balaban J connectivity index is 1.52. The number of hydrogen-bond acceptors (Lipinski definition) is 5. The van der Waals surface area contributed by atoms with E-state index in [1.807, 2.05) is 0 Å². The zero-order valence-corrected chi connectivity index (χ0v) is 14.2. The SMILES string of the molecule is O=C(NCC1CCCN(c2ncncc2Br)C1)C1CCCN1. The largest absolute Gasteiger partial charge is 0.355 e. The summed E-state index contributed by atoms with van der Waals surface area (Å²) in [5.74, 6) is 1.57. The fraction of sp³-hybridized carbons (Fsp3) is 0.667. The molecule has 2 atom stereocenters. The fourth-order valence-electron chi connectivity index (χ4n) is 3.24. The lowest BCUT2D eigenvalue weighted by Gasteiger charge is -2.34. The summed E-state index contributed by atoms with van der Waals surface area (Å²) in [6.45, 7) is 3.63. The zero-order chi connectivity index (χ0) is 15.4. The molecule has 22 heavy (non-hydrogen) atoms. The van der Waals surface area contributed by atoms with Crippen molar-refractivity contribution in [1.29, 1.82) is 0 Å². The molecule has 0 bridgehead atoms. The van der Waals surface area contributed by atoms with Crippen LogP contribution in [-0.4, -0.2) is 48.1 Å². The highest BCUT2D eigenvalue weighted by Crippen LogP contribution is 2.26. The number of piperidine rings is 1. The van der Waals surface area contributed by atoms with Crippen molar-refractivity contribution in [3.05, 3.63) is 17.0 Å². The van der Waals surface area contributed by atoms with Crippen LogP contribution in [0.25, 0.3) is 0 Å². The van der Waals surface area contributed by atoms with Crippen molar-refractivity contribution in [2.75, 3.05) is 31.1 Å². The third-order valence-corrected chi connectivity index (χ3v) is 4.97. The smallest absolute Gasteiger partial charge is 0.237 e. The lowest BCUT2D eigenvalue weighted by Crippen LogP contribution is -2.45. The van der Waals surface area contributed by atoms with Gasteiger partial charge in [-0.15, -0.1) is 0 Å². The van der Waals surface area contributed by atoms with Crippen molar-refractivity contribution in [1.82, 2.24) is 20.6 Å². The summed E-state index contributed by atoms with van der Waals surface area (Å²) >= 11 is 3.51. The molecule has 1 aromatic heterocycles. The first-order valence-electron chi connectivity index (χ1n) is 7.95. The number of carbonyl (C=O) groups is 1. The van der Waals surface area contributed by atoms with Crippen LogP contribution in [0.15, 0.2) is 17.0 Å². The van der Waals surface area contributed by atoms with Gasteiger partial charge in [0.1, 0.15) is 12.1 Å². The van der Waals surface area contributed by atoms with Gasteiger partial charge in [-0.2, -0.15) is 0 Å². The number of amides is 1. The molecule has 2 unspecified atom stereocenters.